The third kappa shape index (κ3) is 2.36. The number of benzene rings is 1. The first kappa shape index (κ1) is 14.0. The van der Waals surface area contributed by atoms with Crippen LogP contribution in [0.2, 0.25) is 0 Å². The Bertz CT molecular complexity index is 630. The first-order valence-electron chi connectivity index (χ1n) is 6.32. The number of non-ortho nitro benzene ring substituents is 1. The van der Waals surface area contributed by atoms with Gasteiger partial charge >= 0.3 is 0 Å². The number of hydrogen-bond donors (Lipinski definition) is 2. The van der Waals surface area contributed by atoms with Gasteiger partial charge in [-0.15, -0.1) is 0 Å². The Morgan fingerprint density at radius 2 is 2.25 bits per heavy atom. The van der Waals surface area contributed by atoms with Gasteiger partial charge in [0.2, 0.25) is 5.60 Å². The Kier molecular flexibility index (Phi) is 3.72. The molecule has 0 spiro atoms. The van der Waals surface area contributed by atoms with Crippen LogP contribution in [-0.4, -0.2) is 15.9 Å². The molecule has 1 aromatic rings. The van der Waals surface area contributed by atoms with Gasteiger partial charge in [-0.05, 0) is 12.5 Å². The smallest absolute Gasteiger partial charge is 0.274 e. The van der Waals surface area contributed by atoms with Crippen molar-refractivity contribution in [3.8, 4) is 11.8 Å². The molecule has 0 fully saturated rings. The van der Waals surface area contributed by atoms with E-state index >= 15 is 0 Å². The Morgan fingerprint density at radius 3 is 2.90 bits per heavy atom. The minimum absolute atomic E-state index is 0.140. The first-order valence-corrected chi connectivity index (χ1v) is 6.32. The molecule has 1 unspecified atom stereocenters. The van der Waals surface area contributed by atoms with Crippen molar-refractivity contribution in [1.82, 2.24) is 0 Å². The molecule has 104 valence electrons. The van der Waals surface area contributed by atoms with E-state index in [1.165, 1.54) is 18.2 Å². The molecule has 1 aromatic carbocycles. The summed E-state index contributed by atoms with van der Waals surface area (Å²) in [5.74, 6) is 4.62. The predicted molar refractivity (Wildman–Crippen MR) is 72.9 cm³/mol. The van der Waals surface area contributed by atoms with Crippen molar-refractivity contribution in [1.29, 1.82) is 0 Å². The van der Waals surface area contributed by atoms with Crippen molar-refractivity contribution >= 4 is 17.3 Å². The zero-order chi connectivity index (χ0) is 14.8. The molecule has 0 saturated carbocycles. The number of fused-ring (bicyclic) bond motifs is 1. The number of nitro benzene ring substituents is 1. The number of carbonyl (C=O) groups is 1. The van der Waals surface area contributed by atoms with Gasteiger partial charge < -0.3 is 10.4 Å². The van der Waals surface area contributed by atoms with E-state index in [0.717, 1.165) is 12.8 Å². The van der Waals surface area contributed by atoms with E-state index in [1.54, 1.807) is 0 Å². The van der Waals surface area contributed by atoms with Crippen molar-refractivity contribution in [2.45, 2.75) is 31.8 Å². The molecule has 6 nitrogen and oxygen atoms in total. The molecule has 0 radical (unpaired) electrons. The van der Waals surface area contributed by atoms with Gasteiger partial charge in [-0.25, -0.2) is 0 Å². The highest BCUT2D eigenvalue weighted by Crippen LogP contribution is 2.37. The Labute approximate surface area is 116 Å². The topological polar surface area (TPSA) is 92.5 Å². The van der Waals surface area contributed by atoms with Crippen LogP contribution < -0.4 is 5.32 Å². The summed E-state index contributed by atoms with van der Waals surface area (Å²) in [6.07, 6.45) is 2.39. The number of anilines is 1. The highest BCUT2D eigenvalue weighted by molar-refractivity contribution is 6.07. The van der Waals surface area contributed by atoms with Crippen LogP contribution in [0.1, 0.15) is 31.7 Å². The van der Waals surface area contributed by atoms with Gasteiger partial charge in [-0.3, -0.25) is 14.9 Å². The predicted octanol–water partition coefficient (Wildman–Crippen LogP) is 1.93. The average molecular weight is 274 g/mol. The summed E-state index contributed by atoms with van der Waals surface area (Å²) < 4.78 is 0. The number of nitro groups is 1. The second-order valence-corrected chi connectivity index (χ2v) is 4.56. The number of nitrogens with one attached hydrogen (secondary N) is 1. The Hall–Kier alpha value is -2.39. The maximum absolute atomic E-state index is 11.9. The number of unbranched alkanes of at least 4 members (excludes halogenated alkanes) is 2. The summed E-state index contributed by atoms with van der Waals surface area (Å²) in [6.45, 7) is 2.01. The van der Waals surface area contributed by atoms with Crippen molar-refractivity contribution in [3.05, 3.63) is 33.9 Å². The van der Waals surface area contributed by atoms with Crippen LogP contribution in [0.5, 0.6) is 0 Å². The van der Waals surface area contributed by atoms with Crippen molar-refractivity contribution in [2.24, 2.45) is 0 Å². The number of hydrogen-bond acceptors (Lipinski definition) is 4. The number of rotatable bonds is 3. The summed E-state index contributed by atoms with van der Waals surface area (Å²) in [5, 5.41) is 23.7. The molecule has 0 aromatic heterocycles. The van der Waals surface area contributed by atoms with Crippen molar-refractivity contribution in [2.75, 3.05) is 5.32 Å². The summed E-state index contributed by atoms with van der Waals surface area (Å²) in [6, 6.07) is 3.86. The zero-order valence-corrected chi connectivity index (χ0v) is 11.0. The summed E-state index contributed by atoms with van der Waals surface area (Å²) in [4.78, 5) is 22.1. The van der Waals surface area contributed by atoms with Crippen LogP contribution in [0.25, 0.3) is 0 Å². The van der Waals surface area contributed by atoms with Gasteiger partial charge in [0, 0.05) is 29.8 Å². The molecule has 6 heteroatoms. The number of carbonyl (C=O) groups excluding carboxylic acids is 1. The lowest BCUT2D eigenvalue weighted by molar-refractivity contribution is -0.385. The highest BCUT2D eigenvalue weighted by atomic mass is 16.6. The Morgan fingerprint density at radius 1 is 1.50 bits per heavy atom. The quantitative estimate of drug-likeness (QED) is 0.381. The fraction of sp³-hybridized carbons (Fsp3) is 0.357. The molecular formula is C14H14N2O4. The van der Waals surface area contributed by atoms with E-state index < -0.39 is 16.4 Å². The standard InChI is InChI=1S/C14H14N2O4/c1-2-3-4-5-8-14(18)11-9-10(16(19)20)6-7-12(11)15-13(14)17/h6-7,9,18H,2-4H2,1H3,(H,15,17). The van der Waals surface area contributed by atoms with Crippen molar-refractivity contribution < 1.29 is 14.8 Å². The average Bonchev–Trinajstić information content (AvgIpc) is 2.67. The molecule has 0 aliphatic carbocycles. The summed E-state index contributed by atoms with van der Waals surface area (Å²) in [5.41, 5.74) is -1.70. The van der Waals surface area contributed by atoms with Crippen LogP contribution in [0, 0.1) is 22.0 Å². The third-order valence-corrected chi connectivity index (χ3v) is 3.11. The van der Waals surface area contributed by atoms with E-state index in [2.05, 4.69) is 17.2 Å². The van der Waals surface area contributed by atoms with Gasteiger partial charge in [0.05, 0.1) is 4.92 Å². The molecule has 0 bridgehead atoms. The van der Waals surface area contributed by atoms with Gasteiger partial charge in [0.25, 0.3) is 11.6 Å². The fourth-order valence-electron chi connectivity index (χ4n) is 1.97. The zero-order valence-electron chi connectivity index (χ0n) is 11.0. The van der Waals surface area contributed by atoms with E-state index in [-0.39, 0.29) is 11.3 Å². The first-order chi connectivity index (χ1) is 9.49. The molecule has 0 saturated heterocycles. The lowest BCUT2D eigenvalue weighted by atomic mass is 9.95. The molecule has 1 aliphatic rings. The number of aliphatic hydroxyl groups is 1. The maximum Gasteiger partial charge on any atom is 0.274 e. The maximum atomic E-state index is 11.9. The van der Waals surface area contributed by atoms with Crippen LogP contribution in [-0.2, 0) is 10.4 Å². The van der Waals surface area contributed by atoms with Crippen LogP contribution >= 0.6 is 0 Å². The van der Waals surface area contributed by atoms with Gasteiger partial charge in [-0.1, -0.05) is 25.2 Å². The number of amides is 1. The summed E-state index contributed by atoms with van der Waals surface area (Å²) >= 11 is 0. The minimum Gasteiger partial charge on any atom is -0.366 e. The van der Waals surface area contributed by atoms with Crippen LogP contribution in [0.15, 0.2) is 18.2 Å². The molecule has 2 rings (SSSR count). The molecule has 20 heavy (non-hydrogen) atoms. The van der Waals surface area contributed by atoms with Gasteiger partial charge in [0.1, 0.15) is 0 Å². The molecule has 1 heterocycles. The van der Waals surface area contributed by atoms with Gasteiger partial charge in [0.15, 0.2) is 0 Å². The Balaban J connectivity index is 2.41. The second kappa shape index (κ2) is 5.31. The van der Waals surface area contributed by atoms with Gasteiger partial charge in [-0.2, -0.15) is 0 Å². The molecule has 1 amide bonds. The second-order valence-electron chi connectivity index (χ2n) is 4.56. The molecule has 1 atom stereocenters. The SMILES string of the molecule is CCCCC#CC1(O)C(=O)Nc2ccc([N+](=O)[O-])cc21. The largest absolute Gasteiger partial charge is 0.366 e. The van der Waals surface area contributed by atoms with E-state index in [1.807, 2.05) is 6.92 Å². The van der Waals surface area contributed by atoms with E-state index in [4.69, 9.17) is 0 Å². The van der Waals surface area contributed by atoms with E-state index in [0.29, 0.717) is 12.1 Å². The lowest BCUT2D eigenvalue weighted by Crippen LogP contribution is -2.32. The normalized spacial score (nSPS) is 19.8. The van der Waals surface area contributed by atoms with E-state index in [9.17, 15) is 20.0 Å². The van der Waals surface area contributed by atoms with Crippen molar-refractivity contribution in [3.63, 3.8) is 0 Å². The highest BCUT2D eigenvalue weighted by Gasteiger charge is 2.45. The number of nitrogens with zero attached hydrogens (tertiary/aromatic N) is 1. The summed E-state index contributed by atoms with van der Waals surface area (Å²) in [7, 11) is 0. The monoisotopic (exact) mass is 274 g/mol. The lowest BCUT2D eigenvalue weighted by Gasteiger charge is -2.12. The van der Waals surface area contributed by atoms with Crippen LogP contribution in [0.3, 0.4) is 0 Å². The molecule has 2 N–H and O–H groups in total. The third-order valence-electron chi connectivity index (χ3n) is 3.11. The van der Waals surface area contributed by atoms with Crippen LogP contribution in [0.4, 0.5) is 11.4 Å². The molecular weight excluding hydrogens is 260 g/mol. The molecule has 1 aliphatic heterocycles. The minimum atomic E-state index is -2.00. The fourth-order valence-corrected chi connectivity index (χ4v) is 1.97.